The predicted octanol–water partition coefficient (Wildman–Crippen LogP) is 3.68. The number of nitrogens with one attached hydrogen (secondary N) is 1. The highest BCUT2D eigenvalue weighted by atomic mass is 32.2. The molecule has 0 atom stereocenters. The van der Waals surface area contributed by atoms with Crippen LogP contribution in [0, 0.1) is 0 Å². The summed E-state index contributed by atoms with van der Waals surface area (Å²) in [6, 6.07) is 10.1. The second-order valence-corrected chi connectivity index (χ2v) is 8.98. The number of aromatic nitrogens is 4. The Balaban J connectivity index is 1.41. The fourth-order valence-electron chi connectivity index (χ4n) is 3.92. The van der Waals surface area contributed by atoms with Gasteiger partial charge in [0.05, 0.1) is 18.1 Å². The third-order valence-electron chi connectivity index (χ3n) is 5.51. The van der Waals surface area contributed by atoms with E-state index in [1.54, 1.807) is 11.8 Å². The van der Waals surface area contributed by atoms with Gasteiger partial charge in [0, 0.05) is 26.1 Å². The van der Waals surface area contributed by atoms with E-state index in [-0.39, 0.29) is 5.91 Å². The number of carbonyl (C=O) groups excluding carboxylic acids is 1. The van der Waals surface area contributed by atoms with Crippen LogP contribution in [-0.2, 0) is 17.8 Å². The summed E-state index contributed by atoms with van der Waals surface area (Å²) < 4.78 is 1.89. The molecule has 3 aromatic rings. The van der Waals surface area contributed by atoms with Gasteiger partial charge in [-0.1, -0.05) is 49.0 Å². The lowest BCUT2D eigenvalue weighted by Crippen LogP contribution is -2.30. The van der Waals surface area contributed by atoms with Crippen molar-refractivity contribution in [2.24, 2.45) is 0 Å². The molecular formula is C23H30N6OS. The lowest BCUT2D eigenvalue weighted by molar-refractivity contribution is -0.121. The van der Waals surface area contributed by atoms with E-state index in [2.05, 4.69) is 34.4 Å². The molecule has 1 aliphatic rings. The van der Waals surface area contributed by atoms with Gasteiger partial charge in [-0.25, -0.2) is 14.6 Å². The number of carbonyl (C=O) groups is 1. The number of benzene rings is 1. The lowest BCUT2D eigenvalue weighted by atomic mass is 10.1. The number of anilines is 1. The Morgan fingerprint density at radius 3 is 2.71 bits per heavy atom. The van der Waals surface area contributed by atoms with Gasteiger partial charge in [-0.2, -0.15) is 5.10 Å². The minimum Gasteiger partial charge on any atom is -0.356 e. The molecule has 4 rings (SSSR count). The van der Waals surface area contributed by atoms with Gasteiger partial charge in [-0.3, -0.25) is 4.79 Å². The molecule has 8 heteroatoms. The first-order valence-electron chi connectivity index (χ1n) is 11.2. The van der Waals surface area contributed by atoms with Crippen LogP contribution in [0.25, 0.3) is 11.0 Å². The van der Waals surface area contributed by atoms with Crippen LogP contribution in [0.4, 0.5) is 5.82 Å². The van der Waals surface area contributed by atoms with Gasteiger partial charge in [0.15, 0.2) is 10.8 Å². The average molecular weight is 439 g/mol. The van der Waals surface area contributed by atoms with E-state index in [1.165, 1.54) is 24.8 Å². The molecule has 0 unspecified atom stereocenters. The molecule has 7 nitrogen and oxygen atoms in total. The summed E-state index contributed by atoms with van der Waals surface area (Å²) in [7, 11) is 0. The van der Waals surface area contributed by atoms with Gasteiger partial charge in [0.25, 0.3) is 0 Å². The van der Waals surface area contributed by atoms with E-state index < -0.39 is 0 Å². The first kappa shape index (κ1) is 21.6. The summed E-state index contributed by atoms with van der Waals surface area (Å²) in [5.41, 5.74) is 2.03. The summed E-state index contributed by atoms with van der Waals surface area (Å²) in [6.07, 6.45) is 6.79. The van der Waals surface area contributed by atoms with Gasteiger partial charge in [-0.15, -0.1) is 0 Å². The smallest absolute Gasteiger partial charge is 0.220 e. The summed E-state index contributed by atoms with van der Waals surface area (Å²) in [6.45, 7) is 5.30. The van der Waals surface area contributed by atoms with Crippen LogP contribution in [0.3, 0.4) is 0 Å². The maximum Gasteiger partial charge on any atom is 0.220 e. The minimum atomic E-state index is 0.0613. The topological polar surface area (TPSA) is 75.9 Å². The molecule has 0 bridgehead atoms. The highest BCUT2D eigenvalue weighted by Crippen LogP contribution is 2.29. The predicted molar refractivity (Wildman–Crippen MR) is 126 cm³/mol. The van der Waals surface area contributed by atoms with Gasteiger partial charge in [0.2, 0.25) is 5.91 Å². The first-order valence-corrected chi connectivity index (χ1v) is 12.1. The Labute approximate surface area is 187 Å². The number of fused-ring (bicyclic) bond motifs is 1. The van der Waals surface area contributed by atoms with Gasteiger partial charge >= 0.3 is 0 Å². The fraction of sp³-hybridized carbons (Fsp3) is 0.478. The number of rotatable bonds is 9. The van der Waals surface area contributed by atoms with Crippen molar-refractivity contribution in [1.29, 1.82) is 0 Å². The maximum atomic E-state index is 12.2. The van der Waals surface area contributed by atoms with Crippen LogP contribution < -0.4 is 10.2 Å². The first-order chi connectivity index (χ1) is 15.2. The quantitative estimate of drug-likeness (QED) is 0.406. The van der Waals surface area contributed by atoms with Crippen LogP contribution in [-0.4, -0.2) is 51.0 Å². The zero-order valence-electron chi connectivity index (χ0n) is 18.1. The molecule has 0 saturated carbocycles. The van der Waals surface area contributed by atoms with E-state index in [9.17, 15) is 4.79 Å². The van der Waals surface area contributed by atoms with Crippen molar-refractivity contribution >= 4 is 34.5 Å². The molecule has 2 aromatic heterocycles. The number of hydrogen-bond acceptors (Lipinski definition) is 6. The van der Waals surface area contributed by atoms with Crippen molar-refractivity contribution < 1.29 is 4.79 Å². The molecule has 3 heterocycles. The van der Waals surface area contributed by atoms with Crippen LogP contribution in [0.2, 0.25) is 0 Å². The molecule has 1 fully saturated rings. The van der Waals surface area contributed by atoms with Crippen LogP contribution in [0.15, 0.2) is 41.7 Å². The molecule has 1 aliphatic heterocycles. The van der Waals surface area contributed by atoms with Gasteiger partial charge < -0.3 is 10.2 Å². The van der Waals surface area contributed by atoms with E-state index in [1.807, 2.05) is 29.1 Å². The van der Waals surface area contributed by atoms with Crippen molar-refractivity contribution in [1.82, 2.24) is 25.1 Å². The Bertz CT molecular complexity index is 1000. The zero-order valence-corrected chi connectivity index (χ0v) is 18.9. The molecule has 31 heavy (non-hydrogen) atoms. The van der Waals surface area contributed by atoms with Crippen LogP contribution in [0.1, 0.15) is 38.2 Å². The number of hydrogen-bond donors (Lipinski definition) is 1. The second kappa shape index (κ2) is 10.6. The lowest BCUT2D eigenvalue weighted by Gasteiger charge is -2.28. The van der Waals surface area contributed by atoms with Gasteiger partial charge in [-0.05, 0) is 37.0 Å². The molecule has 1 aromatic carbocycles. The Morgan fingerprint density at radius 1 is 1.13 bits per heavy atom. The third kappa shape index (κ3) is 5.55. The number of nitrogens with zero attached hydrogens (tertiary/aromatic N) is 5. The fourth-order valence-corrected chi connectivity index (χ4v) is 4.48. The van der Waals surface area contributed by atoms with Crippen molar-refractivity contribution in [3.05, 3.63) is 42.1 Å². The normalized spacial score (nSPS) is 14.2. The highest BCUT2D eigenvalue weighted by molar-refractivity contribution is 7.99. The number of thioether (sulfide) groups is 1. The summed E-state index contributed by atoms with van der Waals surface area (Å²) in [4.78, 5) is 24.2. The molecule has 1 N–H and O–H groups in total. The van der Waals surface area contributed by atoms with E-state index in [4.69, 9.17) is 9.97 Å². The van der Waals surface area contributed by atoms with Crippen LogP contribution >= 0.6 is 11.8 Å². The Kier molecular flexibility index (Phi) is 7.40. The molecule has 1 amide bonds. The highest BCUT2D eigenvalue weighted by Gasteiger charge is 2.19. The molecule has 0 spiro atoms. The van der Waals surface area contributed by atoms with E-state index in [0.29, 0.717) is 19.5 Å². The number of aryl methyl sites for hydroxylation is 1. The summed E-state index contributed by atoms with van der Waals surface area (Å²) >= 11 is 1.65. The number of amides is 1. The van der Waals surface area contributed by atoms with Crippen molar-refractivity contribution in [3.8, 4) is 0 Å². The molecule has 0 aliphatic carbocycles. The summed E-state index contributed by atoms with van der Waals surface area (Å²) in [5.74, 6) is 1.99. The van der Waals surface area contributed by atoms with E-state index >= 15 is 0 Å². The minimum absolute atomic E-state index is 0.0613. The summed E-state index contributed by atoms with van der Waals surface area (Å²) in [5, 5.41) is 9.38. The van der Waals surface area contributed by atoms with Crippen LogP contribution in [0.5, 0.6) is 0 Å². The Hall–Kier alpha value is -2.61. The SMILES string of the molecule is CCSc1nc(N2CCCCC2)c2cnn(CCNC(=O)CCc3ccccc3)c2n1. The Morgan fingerprint density at radius 2 is 1.94 bits per heavy atom. The van der Waals surface area contributed by atoms with Gasteiger partial charge in [0.1, 0.15) is 5.82 Å². The van der Waals surface area contributed by atoms with E-state index in [0.717, 1.165) is 47.3 Å². The molecule has 0 radical (unpaired) electrons. The number of piperidine rings is 1. The maximum absolute atomic E-state index is 12.2. The van der Waals surface area contributed by atoms with Crippen molar-refractivity contribution in [2.75, 3.05) is 30.3 Å². The standard InChI is InChI=1S/C23H30N6OS/c1-2-31-23-26-21(28-14-7-4-8-15-28)19-17-25-29(22(19)27-23)16-13-24-20(30)12-11-18-9-5-3-6-10-18/h3,5-6,9-10,17H,2,4,7-8,11-16H2,1H3,(H,24,30). The third-order valence-corrected chi connectivity index (χ3v) is 6.24. The largest absolute Gasteiger partial charge is 0.356 e. The second-order valence-electron chi connectivity index (χ2n) is 7.75. The molecule has 164 valence electrons. The molecular weight excluding hydrogens is 408 g/mol. The average Bonchev–Trinajstić information content (AvgIpc) is 3.21. The monoisotopic (exact) mass is 438 g/mol. The van der Waals surface area contributed by atoms with Crippen molar-refractivity contribution in [3.63, 3.8) is 0 Å². The zero-order chi connectivity index (χ0) is 21.5. The van der Waals surface area contributed by atoms with Crippen molar-refractivity contribution in [2.45, 2.75) is 50.7 Å². The molecule has 1 saturated heterocycles.